The second-order valence-corrected chi connectivity index (χ2v) is 8.04. The Morgan fingerprint density at radius 1 is 1.14 bits per heavy atom. The fraction of sp³-hybridized carbons (Fsp3) is 0.842. The first-order valence-corrected chi connectivity index (χ1v) is 8.79. The predicted molar refractivity (Wildman–Crippen MR) is 84.8 cm³/mol. The van der Waals surface area contributed by atoms with Gasteiger partial charge in [-0.2, -0.15) is 0 Å². The summed E-state index contributed by atoms with van der Waals surface area (Å²) in [6.45, 7) is 10.8. The average molecular weight is 290 g/mol. The highest BCUT2D eigenvalue weighted by atomic mass is 16.5. The van der Waals surface area contributed by atoms with Crippen LogP contribution in [0.25, 0.3) is 0 Å². The van der Waals surface area contributed by atoms with E-state index in [2.05, 4.69) is 20.4 Å². The normalized spacial score (nSPS) is 39.3. The molecule has 0 amide bonds. The molecule has 2 heteroatoms. The Morgan fingerprint density at radius 2 is 1.71 bits per heavy atom. The first-order valence-electron chi connectivity index (χ1n) is 8.79. The van der Waals surface area contributed by atoms with Crippen LogP contribution >= 0.6 is 0 Å². The van der Waals surface area contributed by atoms with Gasteiger partial charge in [0.05, 0.1) is 6.61 Å². The first-order chi connectivity index (χ1) is 9.96. The van der Waals surface area contributed by atoms with Crippen LogP contribution < -0.4 is 0 Å². The molecule has 0 saturated heterocycles. The minimum atomic E-state index is -0.202. The summed E-state index contributed by atoms with van der Waals surface area (Å²) in [7, 11) is 0. The SMILES string of the molecule is C=C(C)C(=O)OCC12CC3CC(CC(C3)C1(CC)CC)C2. The van der Waals surface area contributed by atoms with E-state index in [4.69, 9.17) is 4.74 Å². The third-order valence-electron chi connectivity index (χ3n) is 7.19. The lowest BCUT2D eigenvalue weighted by molar-refractivity contribution is -0.206. The fourth-order valence-electron chi connectivity index (χ4n) is 6.54. The highest BCUT2D eigenvalue weighted by molar-refractivity contribution is 5.86. The Morgan fingerprint density at radius 3 is 2.19 bits per heavy atom. The van der Waals surface area contributed by atoms with Crippen LogP contribution in [0, 0.1) is 28.6 Å². The molecule has 0 heterocycles. The van der Waals surface area contributed by atoms with Gasteiger partial charge in [-0.25, -0.2) is 4.79 Å². The number of hydrogen-bond acceptors (Lipinski definition) is 2. The summed E-state index contributed by atoms with van der Waals surface area (Å²) in [4.78, 5) is 11.9. The highest BCUT2D eigenvalue weighted by Gasteiger charge is 2.63. The molecule has 2 atom stereocenters. The standard InChI is InChI=1S/C19H30O2/c1-5-19(6-2)16-8-14-7-15(9-16)11-18(19,10-14)12-21-17(20)13(3)4/h14-16H,3,5-12H2,1-2,4H3. The molecule has 4 aliphatic carbocycles. The Balaban J connectivity index is 1.88. The molecular weight excluding hydrogens is 260 g/mol. The van der Waals surface area contributed by atoms with Gasteiger partial charge >= 0.3 is 5.97 Å². The van der Waals surface area contributed by atoms with Gasteiger partial charge in [0.2, 0.25) is 0 Å². The lowest BCUT2D eigenvalue weighted by atomic mass is 9.37. The quantitative estimate of drug-likeness (QED) is 0.540. The van der Waals surface area contributed by atoms with E-state index in [9.17, 15) is 4.79 Å². The van der Waals surface area contributed by atoms with Crippen LogP contribution in [0.15, 0.2) is 12.2 Å². The van der Waals surface area contributed by atoms with Gasteiger partial charge in [0, 0.05) is 11.0 Å². The molecule has 4 saturated carbocycles. The maximum Gasteiger partial charge on any atom is 0.333 e. The van der Waals surface area contributed by atoms with Gasteiger partial charge in [0.1, 0.15) is 0 Å². The monoisotopic (exact) mass is 290 g/mol. The minimum absolute atomic E-state index is 0.202. The van der Waals surface area contributed by atoms with Crippen LogP contribution in [0.5, 0.6) is 0 Å². The minimum Gasteiger partial charge on any atom is -0.462 e. The van der Waals surface area contributed by atoms with Gasteiger partial charge in [-0.05, 0) is 75.0 Å². The molecule has 0 N–H and O–H groups in total. The lowest BCUT2D eigenvalue weighted by Gasteiger charge is -2.67. The number of carbonyl (C=O) groups excluding carboxylic acids is 1. The summed E-state index contributed by atoms with van der Waals surface area (Å²) in [5, 5.41) is 0. The molecule has 2 unspecified atom stereocenters. The largest absolute Gasteiger partial charge is 0.462 e. The molecular formula is C19H30O2. The zero-order valence-electron chi connectivity index (χ0n) is 13.9. The van der Waals surface area contributed by atoms with Crippen molar-refractivity contribution in [3.8, 4) is 0 Å². The van der Waals surface area contributed by atoms with E-state index in [-0.39, 0.29) is 11.4 Å². The molecule has 0 aromatic heterocycles. The summed E-state index contributed by atoms with van der Waals surface area (Å²) in [5.74, 6) is 2.43. The van der Waals surface area contributed by atoms with E-state index in [1.54, 1.807) is 6.92 Å². The Kier molecular flexibility index (Phi) is 3.70. The zero-order valence-corrected chi connectivity index (χ0v) is 13.9. The van der Waals surface area contributed by atoms with Gasteiger partial charge in [-0.1, -0.05) is 20.4 Å². The molecule has 4 fully saturated rings. The van der Waals surface area contributed by atoms with E-state index >= 15 is 0 Å². The molecule has 118 valence electrons. The fourth-order valence-corrected chi connectivity index (χ4v) is 6.54. The molecule has 0 aliphatic heterocycles. The van der Waals surface area contributed by atoms with Crippen molar-refractivity contribution >= 4 is 5.97 Å². The first kappa shape index (κ1) is 15.1. The van der Waals surface area contributed by atoms with E-state index < -0.39 is 0 Å². The molecule has 0 spiro atoms. The molecule has 21 heavy (non-hydrogen) atoms. The number of carbonyl (C=O) groups is 1. The summed E-state index contributed by atoms with van der Waals surface area (Å²) in [6.07, 6.45) is 9.31. The molecule has 0 radical (unpaired) electrons. The molecule has 0 aromatic rings. The van der Waals surface area contributed by atoms with Crippen molar-refractivity contribution in [2.45, 2.75) is 65.7 Å². The van der Waals surface area contributed by atoms with Gasteiger partial charge in [0.15, 0.2) is 0 Å². The maximum atomic E-state index is 11.9. The lowest BCUT2D eigenvalue weighted by Crippen LogP contribution is -2.61. The summed E-state index contributed by atoms with van der Waals surface area (Å²) >= 11 is 0. The third-order valence-corrected chi connectivity index (χ3v) is 7.19. The average Bonchev–Trinajstić information content (AvgIpc) is 2.45. The van der Waals surface area contributed by atoms with E-state index in [1.807, 2.05) is 0 Å². The van der Waals surface area contributed by atoms with Crippen LogP contribution in [-0.4, -0.2) is 12.6 Å². The van der Waals surface area contributed by atoms with Gasteiger partial charge in [-0.3, -0.25) is 0 Å². The van der Waals surface area contributed by atoms with Crippen molar-refractivity contribution in [2.24, 2.45) is 28.6 Å². The predicted octanol–water partition coefficient (Wildman–Crippen LogP) is 4.74. The van der Waals surface area contributed by atoms with Crippen molar-refractivity contribution in [2.75, 3.05) is 6.61 Å². The molecule has 2 nitrogen and oxygen atoms in total. The second kappa shape index (κ2) is 5.14. The van der Waals surface area contributed by atoms with E-state index in [0.29, 0.717) is 17.6 Å². The highest BCUT2D eigenvalue weighted by Crippen LogP contribution is 2.70. The Hall–Kier alpha value is -0.790. The zero-order chi connectivity index (χ0) is 15.3. The molecule has 4 bridgehead atoms. The molecule has 4 rings (SSSR count). The van der Waals surface area contributed by atoms with Crippen LogP contribution in [0.1, 0.15) is 65.7 Å². The Bertz CT molecular complexity index is 432. The maximum absolute atomic E-state index is 11.9. The van der Waals surface area contributed by atoms with Crippen molar-refractivity contribution < 1.29 is 9.53 Å². The van der Waals surface area contributed by atoms with Crippen LogP contribution in [0.3, 0.4) is 0 Å². The molecule has 4 aliphatic rings. The van der Waals surface area contributed by atoms with Crippen molar-refractivity contribution in [1.29, 1.82) is 0 Å². The Labute approximate surface area is 129 Å². The summed E-state index contributed by atoms with van der Waals surface area (Å²) < 4.78 is 5.71. The summed E-state index contributed by atoms with van der Waals surface area (Å²) in [5.41, 5.74) is 1.17. The number of ether oxygens (including phenoxy) is 1. The van der Waals surface area contributed by atoms with Crippen LogP contribution in [-0.2, 0) is 9.53 Å². The number of hydrogen-bond donors (Lipinski definition) is 0. The van der Waals surface area contributed by atoms with Crippen molar-refractivity contribution in [3.63, 3.8) is 0 Å². The third kappa shape index (κ3) is 2.09. The summed E-state index contributed by atoms with van der Waals surface area (Å²) in [6, 6.07) is 0. The van der Waals surface area contributed by atoms with Crippen LogP contribution in [0.4, 0.5) is 0 Å². The van der Waals surface area contributed by atoms with E-state index in [0.717, 1.165) is 17.8 Å². The van der Waals surface area contributed by atoms with Crippen molar-refractivity contribution in [1.82, 2.24) is 0 Å². The number of esters is 1. The van der Waals surface area contributed by atoms with Crippen LogP contribution in [0.2, 0.25) is 0 Å². The van der Waals surface area contributed by atoms with Gasteiger partial charge < -0.3 is 4.74 Å². The van der Waals surface area contributed by atoms with Gasteiger partial charge in [0.25, 0.3) is 0 Å². The van der Waals surface area contributed by atoms with Crippen molar-refractivity contribution in [3.05, 3.63) is 12.2 Å². The number of rotatable bonds is 5. The second-order valence-electron chi connectivity index (χ2n) is 8.04. The van der Waals surface area contributed by atoms with E-state index in [1.165, 1.54) is 44.9 Å². The topological polar surface area (TPSA) is 26.3 Å². The molecule has 0 aromatic carbocycles. The smallest absolute Gasteiger partial charge is 0.333 e. The van der Waals surface area contributed by atoms with Gasteiger partial charge in [-0.15, -0.1) is 0 Å².